The molecule has 0 bridgehead atoms. The normalized spacial score (nSPS) is 24.6. The van der Waals surface area contributed by atoms with E-state index >= 15 is 0 Å². The number of rotatable bonds is 3. The number of nitrogens with zero attached hydrogens (tertiary/aromatic N) is 1. The van der Waals surface area contributed by atoms with Crippen molar-refractivity contribution in [1.82, 2.24) is 4.90 Å². The zero-order chi connectivity index (χ0) is 15.6. The summed E-state index contributed by atoms with van der Waals surface area (Å²) in [4.78, 5) is 13.4. The van der Waals surface area contributed by atoms with Gasteiger partial charge >= 0.3 is 16.3 Å². The maximum atomic E-state index is 13.0. The molecule has 1 aliphatic heterocycles. The lowest BCUT2D eigenvalue weighted by Gasteiger charge is -2.41. The van der Waals surface area contributed by atoms with Gasteiger partial charge in [-0.25, -0.2) is 4.79 Å². The molecule has 0 N–H and O–H groups in total. The molecule has 1 rings (SSSR count). The predicted molar refractivity (Wildman–Crippen MR) is 71.7 cm³/mol. The van der Waals surface area contributed by atoms with Gasteiger partial charge in [0.25, 0.3) is 0 Å². The summed E-state index contributed by atoms with van der Waals surface area (Å²) in [7, 11) is -3.36. The lowest BCUT2D eigenvalue weighted by atomic mass is 9.95. The van der Waals surface area contributed by atoms with E-state index in [0.717, 1.165) is 0 Å². The van der Waals surface area contributed by atoms with E-state index < -0.39 is 33.3 Å². The number of methoxy groups -OCH3 is 1. The Kier molecular flexibility index (Phi) is 5.02. The van der Waals surface area contributed by atoms with Gasteiger partial charge in [-0.05, 0) is 33.6 Å². The molecule has 118 valence electrons. The van der Waals surface area contributed by atoms with E-state index in [1.807, 2.05) is 0 Å². The molecule has 6 nitrogen and oxygen atoms in total. The Balaban J connectivity index is 2.81. The Morgan fingerprint density at radius 2 is 2.00 bits per heavy atom. The first-order chi connectivity index (χ1) is 8.96. The molecule has 1 unspecified atom stereocenters. The average Bonchev–Trinajstić information content (AvgIpc) is 2.24. The summed E-state index contributed by atoms with van der Waals surface area (Å²) in [6.45, 7) is 5.66. The minimum absolute atomic E-state index is 0.00155. The van der Waals surface area contributed by atoms with E-state index in [-0.39, 0.29) is 6.54 Å². The first kappa shape index (κ1) is 17.2. The Morgan fingerprint density at radius 3 is 2.45 bits per heavy atom. The maximum Gasteiger partial charge on any atom is 0.410 e. The number of carbonyl (C=O) groups is 1. The van der Waals surface area contributed by atoms with Crippen LogP contribution in [0.25, 0.3) is 0 Å². The fourth-order valence-corrected chi connectivity index (χ4v) is 3.22. The van der Waals surface area contributed by atoms with Gasteiger partial charge in [-0.15, -0.1) is 3.89 Å². The largest absolute Gasteiger partial charge is 0.444 e. The van der Waals surface area contributed by atoms with Crippen LogP contribution in [0.3, 0.4) is 0 Å². The molecule has 0 aromatic carbocycles. The van der Waals surface area contributed by atoms with Gasteiger partial charge < -0.3 is 14.4 Å². The second-order valence-electron chi connectivity index (χ2n) is 6.08. The summed E-state index contributed by atoms with van der Waals surface area (Å²) in [6, 6.07) is 0. The zero-order valence-electron chi connectivity index (χ0n) is 12.3. The monoisotopic (exact) mass is 311 g/mol. The fraction of sp³-hybridized carbons (Fsp3) is 0.917. The highest BCUT2D eigenvalue weighted by Gasteiger charge is 2.42. The summed E-state index contributed by atoms with van der Waals surface area (Å²) in [5.41, 5.74) is -1.85. The highest BCUT2D eigenvalue weighted by atomic mass is 32.3. The molecule has 0 aromatic rings. The second kappa shape index (κ2) is 5.85. The van der Waals surface area contributed by atoms with E-state index in [9.17, 15) is 17.1 Å². The second-order valence-corrected chi connectivity index (χ2v) is 7.44. The van der Waals surface area contributed by atoms with Crippen molar-refractivity contribution in [1.29, 1.82) is 0 Å². The Labute approximate surface area is 119 Å². The number of piperidine rings is 1. The highest BCUT2D eigenvalue weighted by molar-refractivity contribution is 7.86. The van der Waals surface area contributed by atoms with E-state index in [0.29, 0.717) is 19.4 Å². The van der Waals surface area contributed by atoms with Gasteiger partial charge in [0, 0.05) is 13.7 Å². The topological polar surface area (TPSA) is 72.9 Å². The van der Waals surface area contributed by atoms with E-state index in [2.05, 4.69) is 0 Å². The molecule has 1 amide bonds. The molecular weight excluding hydrogens is 289 g/mol. The van der Waals surface area contributed by atoms with Crippen molar-refractivity contribution in [3.05, 3.63) is 0 Å². The number of likely N-dealkylation sites (tertiary alicyclic amines) is 1. The average molecular weight is 311 g/mol. The third kappa shape index (κ3) is 5.24. The summed E-state index contributed by atoms with van der Waals surface area (Å²) in [5.74, 6) is -0.754. The van der Waals surface area contributed by atoms with E-state index in [4.69, 9.17) is 9.47 Å². The van der Waals surface area contributed by atoms with Crippen LogP contribution in [0.15, 0.2) is 0 Å². The van der Waals surface area contributed by atoms with Crippen molar-refractivity contribution in [2.45, 2.75) is 44.8 Å². The third-order valence-electron chi connectivity index (χ3n) is 3.06. The molecular formula is C12H22FNO5S. The van der Waals surface area contributed by atoms with Crippen LogP contribution < -0.4 is 0 Å². The van der Waals surface area contributed by atoms with Crippen molar-refractivity contribution < 1.29 is 26.6 Å². The molecule has 20 heavy (non-hydrogen) atoms. The van der Waals surface area contributed by atoms with Gasteiger partial charge in [0.1, 0.15) is 17.0 Å². The molecule has 0 aromatic heterocycles. The van der Waals surface area contributed by atoms with Crippen LogP contribution in [-0.2, 0) is 19.7 Å². The molecule has 1 aliphatic rings. The number of hydrogen-bond acceptors (Lipinski definition) is 5. The van der Waals surface area contributed by atoms with Gasteiger partial charge in [-0.3, -0.25) is 0 Å². The van der Waals surface area contributed by atoms with Gasteiger partial charge in [-0.1, -0.05) is 0 Å². The molecule has 0 saturated carbocycles. The number of ether oxygens (including phenoxy) is 2. The zero-order valence-corrected chi connectivity index (χ0v) is 13.1. The van der Waals surface area contributed by atoms with Crippen LogP contribution in [0.2, 0.25) is 0 Å². The number of hydrogen-bond donors (Lipinski definition) is 0. The van der Waals surface area contributed by atoms with Crippen molar-refractivity contribution >= 4 is 16.3 Å². The third-order valence-corrected chi connectivity index (χ3v) is 3.93. The van der Waals surface area contributed by atoms with Crippen molar-refractivity contribution in [2.24, 2.45) is 0 Å². The van der Waals surface area contributed by atoms with Crippen LogP contribution in [0, 0.1) is 0 Å². The predicted octanol–water partition coefficient (Wildman–Crippen LogP) is 1.70. The molecule has 1 fully saturated rings. The SMILES string of the molecule is COC1(CS(=O)(=O)F)CCCN(C(=O)OC(C)(C)C)C1. The molecule has 1 atom stereocenters. The van der Waals surface area contributed by atoms with Gasteiger partial charge in [0.05, 0.1) is 6.54 Å². The van der Waals surface area contributed by atoms with Crippen molar-refractivity contribution in [3.8, 4) is 0 Å². The van der Waals surface area contributed by atoms with Gasteiger partial charge in [0.2, 0.25) is 0 Å². The number of amides is 1. The minimum atomic E-state index is -4.68. The van der Waals surface area contributed by atoms with Crippen molar-refractivity contribution in [2.75, 3.05) is 26.0 Å². The molecule has 0 aliphatic carbocycles. The standard InChI is InChI=1S/C12H22FNO5S/c1-11(2,3)19-10(15)14-7-5-6-12(8-14,18-4)9-20(13,16)17/h5-9H2,1-4H3. The molecule has 0 radical (unpaired) electrons. The van der Waals surface area contributed by atoms with Crippen LogP contribution in [0.1, 0.15) is 33.6 Å². The number of halogens is 1. The number of carbonyl (C=O) groups excluding carboxylic acids is 1. The van der Waals surface area contributed by atoms with Crippen molar-refractivity contribution in [3.63, 3.8) is 0 Å². The summed E-state index contributed by atoms with van der Waals surface area (Å²) >= 11 is 0. The first-order valence-corrected chi connectivity index (χ1v) is 7.97. The molecule has 0 spiro atoms. The van der Waals surface area contributed by atoms with Crippen LogP contribution in [0.5, 0.6) is 0 Å². The Hall–Kier alpha value is -0.890. The van der Waals surface area contributed by atoms with E-state index in [1.54, 1.807) is 20.8 Å². The van der Waals surface area contributed by atoms with Crippen LogP contribution >= 0.6 is 0 Å². The van der Waals surface area contributed by atoms with Gasteiger partial charge in [-0.2, -0.15) is 8.42 Å². The quantitative estimate of drug-likeness (QED) is 0.742. The van der Waals surface area contributed by atoms with Crippen LogP contribution in [-0.4, -0.2) is 56.6 Å². The maximum absolute atomic E-state index is 13.0. The summed E-state index contributed by atoms with van der Waals surface area (Å²) in [6.07, 6.45) is 0.365. The van der Waals surface area contributed by atoms with Crippen LogP contribution in [0.4, 0.5) is 8.68 Å². The first-order valence-electron chi connectivity index (χ1n) is 6.42. The minimum Gasteiger partial charge on any atom is -0.444 e. The lowest BCUT2D eigenvalue weighted by molar-refractivity contribution is -0.0553. The highest BCUT2D eigenvalue weighted by Crippen LogP contribution is 2.28. The Bertz CT molecular complexity index is 459. The van der Waals surface area contributed by atoms with E-state index in [1.165, 1.54) is 12.0 Å². The smallest absolute Gasteiger partial charge is 0.410 e. The molecule has 1 saturated heterocycles. The Morgan fingerprint density at radius 1 is 1.40 bits per heavy atom. The lowest BCUT2D eigenvalue weighted by Crippen LogP contribution is -2.55. The fourth-order valence-electron chi connectivity index (χ4n) is 2.24. The summed E-state index contributed by atoms with van der Waals surface area (Å²) in [5, 5.41) is 0. The summed E-state index contributed by atoms with van der Waals surface area (Å²) < 4.78 is 45.2. The molecule has 8 heteroatoms. The molecule has 1 heterocycles. The van der Waals surface area contributed by atoms with Gasteiger partial charge in [0.15, 0.2) is 0 Å².